The van der Waals surface area contributed by atoms with Crippen molar-refractivity contribution >= 4 is 17.1 Å². The molecule has 0 aromatic heterocycles. The maximum atomic E-state index is 12.6. The molecule has 1 fully saturated rings. The molecule has 0 saturated carbocycles. The third-order valence-corrected chi connectivity index (χ3v) is 7.03. The first-order valence-electron chi connectivity index (χ1n) is 11.3. The second kappa shape index (κ2) is 10.7. The first-order chi connectivity index (χ1) is 14.4. The number of unbranched alkanes of at least 4 members (excludes halogenated alkanes) is 2. The first-order valence-corrected chi connectivity index (χ1v) is 12.3. The van der Waals surface area contributed by atoms with Crippen LogP contribution < -0.4 is 4.74 Å². The lowest BCUT2D eigenvalue weighted by molar-refractivity contribution is 0.226. The second-order valence-corrected chi connectivity index (χ2v) is 9.89. The Morgan fingerprint density at radius 1 is 1.30 bits per heavy atom. The monoisotopic (exact) mass is 428 g/mol. The van der Waals surface area contributed by atoms with Crippen molar-refractivity contribution in [2.75, 3.05) is 12.4 Å². The molecule has 0 amide bonds. The highest BCUT2D eigenvalue weighted by Crippen LogP contribution is 2.45. The normalized spacial score (nSPS) is 23.1. The minimum atomic E-state index is -0.236. The van der Waals surface area contributed by atoms with Crippen LogP contribution in [0.3, 0.4) is 0 Å². The topological polar surface area (TPSA) is 38.8 Å². The van der Waals surface area contributed by atoms with E-state index in [1.165, 1.54) is 46.9 Å². The van der Waals surface area contributed by atoms with Crippen LogP contribution in [0.1, 0.15) is 75.5 Å². The zero-order chi connectivity index (χ0) is 21.7. The van der Waals surface area contributed by atoms with E-state index in [4.69, 9.17) is 9.47 Å². The van der Waals surface area contributed by atoms with Gasteiger partial charge in [-0.3, -0.25) is 0 Å². The van der Waals surface area contributed by atoms with E-state index < -0.39 is 0 Å². The summed E-state index contributed by atoms with van der Waals surface area (Å²) in [7, 11) is 0. The molecule has 0 spiro atoms. The summed E-state index contributed by atoms with van der Waals surface area (Å²) in [6.07, 6.45) is 9.38. The van der Waals surface area contributed by atoms with Crippen LogP contribution >= 0.6 is 11.8 Å². The third-order valence-electron chi connectivity index (χ3n) is 6.17. The van der Waals surface area contributed by atoms with Gasteiger partial charge in [-0.15, -0.1) is 0 Å². The van der Waals surface area contributed by atoms with Gasteiger partial charge in [0.05, 0.1) is 12.7 Å². The van der Waals surface area contributed by atoms with Crippen molar-refractivity contribution in [3.63, 3.8) is 0 Å². The minimum Gasteiger partial charge on any atom is -0.418 e. The number of benzene rings is 1. The Morgan fingerprint density at radius 2 is 2.07 bits per heavy atom. The number of rotatable bonds is 9. The lowest BCUT2D eigenvalue weighted by Crippen LogP contribution is -2.19. The van der Waals surface area contributed by atoms with Gasteiger partial charge in [0.25, 0.3) is 0 Å². The van der Waals surface area contributed by atoms with E-state index in [0.29, 0.717) is 11.7 Å². The van der Waals surface area contributed by atoms with E-state index in [1.807, 2.05) is 0 Å². The Morgan fingerprint density at radius 3 is 2.73 bits per heavy atom. The van der Waals surface area contributed by atoms with Crippen molar-refractivity contribution in [2.45, 2.75) is 78.2 Å². The van der Waals surface area contributed by atoms with Gasteiger partial charge in [-0.05, 0) is 81.3 Å². The molecular weight excluding hydrogens is 392 g/mol. The van der Waals surface area contributed by atoms with E-state index in [1.54, 1.807) is 0 Å². The Bertz CT molecular complexity index is 807. The van der Waals surface area contributed by atoms with Crippen molar-refractivity contribution in [3.8, 4) is 5.75 Å². The molecule has 1 unspecified atom stereocenters. The second-order valence-electron chi connectivity index (χ2n) is 8.93. The first kappa shape index (κ1) is 23.1. The fraction of sp³-hybridized carbons (Fsp3) is 0.577. The number of hydrogen-bond acceptors (Lipinski definition) is 4. The van der Waals surface area contributed by atoms with Gasteiger partial charge in [-0.2, -0.15) is 0 Å². The van der Waals surface area contributed by atoms with Crippen LogP contribution in [0.25, 0.3) is 0 Å². The zero-order valence-corrected chi connectivity index (χ0v) is 19.8. The molecule has 1 heterocycles. The summed E-state index contributed by atoms with van der Waals surface area (Å²) in [4.78, 5) is 12.6. The Balaban J connectivity index is 1.92. The maximum Gasteiger partial charge on any atom is 0.372 e. The lowest BCUT2D eigenvalue weighted by Gasteiger charge is -2.32. The number of carbonyl (C=O) groups excluding carboxylic acids is 1. The van der Waals surface area contributed by atoms with E-state index >= 15 is 0 Å². The number of allylic oxidation sites excluding steroid dienone is 3. The quantitative estimate of drug-likeness (QED) is 0.178. The van der Waals surface area contributed by atoms with Gasteiger partial charge in [0, 0.05) is 17.2 Å². The lowest BCUT2D eigenvalue weighted by atomic mass is 9.73. The number of thioether (sulfide) groups is 1. The van der Waals surface area contributed by atoms with E-state index in [9.17, 15) is 4.79 Å². The highest BCUT2D eigenvalue weighted by molar-refractivity contribution is 8.13. The fourth-order valence-electron chi connectivity index (χ4n) is 4.42. The number of hydrogen-bond donors (Lipinski definition) is 0. The molecule has 0 bridgehead atoms. The summed E-state index contributed by atoms with van der Waals surface area (Å²) in [6, 6.07) is 4.40. The van der Waals surface area contributed by atoms with Crippen LogP contribution in [-0.2, 0) is 11.2 Å². The van der Waals surface area contributed by atoms with Gasteiger partial charge in [-0.25, -0.2) is 4.79 Å². The van der Waals surface area contributed by atoms with Crippen LogP contribution in [0.5, 0.6) is 5.75 Å². The molecular formula is C26H36O3S. The number of carbonyl (C=O) groups is 1. The van der Waals surface area contributed by atoms with Crippen molar-refractivity contribution in [1.29, 1.82) is 0 Å². The van der Waals surface area contributed by atoms with Crippen molar-refractivity contribution < 1.29 is 14.3 Å². The van der Waals surface area contributed by atoms with E-state index in [2.05, 4.69) is 52.5 Å². The fourth-order valence-corrected chi connectivity index (χ4v) is 5.09. The molecule has 0 radical (unpaired) electrons. The molecule has 3 rings (SSSR count). The molecule has 1 aliphatic heterocycles. The molecule has 3 atom stereocenters. The zero-order valence-electron chi connectivity index (χ0n) is 19.0. The van der Waals surface area contributed by atoms with E-state index in [0.717, 1.165) is 43.6 Å². The average molecular weight is 429 g/mol. The van der Waals surface area contributed by atoms with Crippen LogP contribution in [0.4, 0.5) is 4.79 Å². The molecule has 2 aliphatic rings. The standard InChI is InChI=1S/C26H36O3S/c1-6-7-8-9-20-13-19(5)25(23-12-18(4)10-11-22(23)17(2)3)24(14-20)29-26(27)30-16-21-15-28-21/h12-14,21-23H,2,6-11,15-16H2,1,3-5H3/t21?,22-,23+/m0/s1. The molecule has 1 aromatic rings. The molecule has 4 heteroatoms. The number of epoxide rings is 1. The molecule has 30 heavy (non-hydrogen) atoms. The predicted molar refractivity (Wildman–Crippen MR) is 127 cm³/mol. The third kappa shape index (κ3) is 6.24. The summed E-state index contributed by atoms with van der Waals surface area (Å²) < 4.78 is 11.2. The summed E-state index contributed by atoms with van der Waals surface area (Å²) >= 11 is 1.22. The summed E-state index contributed by atoms with van der Waals surface area (Å²) in [5.41, 5.74) is 6.23. The Kier molecular flexibility index (Phi) is 8.24. The summed E-state index contributed by atoms with van der Waals surface area (Å²) in [5.74, 6) is 1.99. The maximum absolute atomic E-state index is 12.6. The van der Waals surface area contributed by atoms with Crippen molar-refractivity contribution in [3.05, 3.63) is 52.6 Å². The van der Waals surface area contributed by atoms with Crippen LogP contribution in [0.2, 0.25) is 0 Å². The largest absolute Gasteiger partial charge is 0.418 e. The van der Waals surface area contributed by atoms with Gasteiger partial charge < -0.3 is 9.47 Å². The Hall–Kier alpha value is -1.52. The molecule has 3 nitrogen and oxygen atoms in total. The summed E-state index contributed by atoms with van der Waals surface area (Å²) in [6.45, 7) is 13.7. The smallest absolute Gasteiger partial charge is 0.372 e. The molecule has 1 aromatic carbocycles. The van der Waals surface area contributed by atoms with Crippen molar-refractivity contribution in [2.24, 2.45) is 5.92 Å². The van der Waals surface area contributed by atoms with Gasteiger partial charge in [0.1, 0.15) is 5.75 Å². The van der Waals surface area contributed by atoms with Gasteiger partial charge in [-0.1, -0.05) is 49.6 Å². The molecule has 1 saturated heterocycles. The van der Waals surface area contributed by atoms with Crippen LogP contribution in [-0.4, -0.2) is 23.8 Å². The minimum absolute atomic E-state index is 0.209. The summed E-state index contributed by atoms with van der Waals surface area (Å²) in [5, 5.41) is -0.236. The number of aryl methyl sites for hydroxylation is 2. The molecule has 164 valence electrons. The van der Waals surface area contributed by atoms with Crippen molar-refractivity contribution in [1.82, 2.24) is 0 Å². The average Bonchev–Trinajstić information content (AvgIpc) is 3.50. The van der Waals surface area contributed by atoms with Gasteiger partial charge in [0.2, 0.25) is 0 Å². The van der Waals surface area contributed by atoms with Crippen LogP contribution in [0, 0.1) is 12.8 Å². The Labute approximate surface area is 186 Å². The highest BCUT2D eigenvalue weighted by atomic mass is 32.2. The molecule has 0 N–H and O–H groups in total. The SMILES string of the molecule is C=C(C)[C@@H]1CCC(C)=C[C@H]1c1c(C)cc(CCCCC)cc1OC(=O)SCC1CO1. The highest BCUT2D eigenvalue weighted by Gasteiger charge is 2.31. The number of ether oxygens (including phenoxy) is 2. The van der Waals surface area contributed by atoms with E-state index in [-0.39, 0.29) is 17.3 Å². The van der Waals surface area contributed by atoms with Gasteiger partial charge >= 0.3 is 5.30 Å². The van der Waals surface area contributed by atoms with Crippen LogP contribution in [0.15, 0.2) is 35.9 Å². The molecule has 1 aliphatic carbocycles. The predicted octanol–water partition coefficient (Wildman–Crippen LogP) is 7.37. The van der Waals surface area contributed by atoms with Gasteiger partial charge in [0.15, 0.2) is 0 Å².